The molecule has 0 saturated carbocycles. The maximum absolute atomic E-state index is 12.3. The van der Waals surface area contributed by atoms with Gasteiger partial charge in [-0.2, -0.15) is 9.97 Å². The Bertz CT molecular complexity index is 932. The number of fused-ring (bicyclic) bond motifs is 1. The molecule has 0 atom stereocenters. The van der Waals surface area contributed by atoms with Gasteiger partial charge in [-0.05, 0) is 17.5 Å². The van der Waals surface area contributed by atoms with Gasteiger partial charge in [0, 0.05) is 0 Å². The van der Waals surface area contributed by atoms with Crippen LogP contribution in [0, 0.1) is 0 Å². The molecular formula is C17H21N5O3. The summed E-state index contributed by atoms with van der Waals surface area (Å²) in [6, 6.07) is 7.54. The number of nitrogens with zero attached hydrogens (tertiary/aromatic N) is 3. The second-order valence-corrected chi connectivity index (χ2v) is 5.79. The molecule has 0 bridgehead atoms. The topological polar surface area (TPSA) is 119 Å². The van der Waals surface area contributed by atoms with E-state index >= 15 is 0 Å². The molecule has 0 radical (unpaired) electrons. The number of anilines is 1. The Balaban J connectivity index is 1.98. The molecule has 0 unspecified atom stereocenters. The van der Waals surface area contributed by atoms with E-state index in [4.69, 9.17) is 10.5 Å². The number of hydrogen-bond acceptors (Lipinski definition) is 6. The summed E-state index contributed by atoms with van der Waals surface area (Å²) in [6.07, 6.45) is 1.88. The highest BCUT2D eigenvalue weighted by molar-refractivity contribution is 5.81. The second-order valence-electron chi connectivity index (χ2n) is 5.79. The number of nitrogens with one attached hydrogen (secondary N) is 1. The molecule has 132 valence electrons. The zero-order valence-electron chi connectivity index (χ0n) is 14.0. The fourth-order valence-electron chi connectivity index (χ4n) is 2.56. The van der Waals surface area contributed by atoms with Crippen LogP contribution < -0.4 is 16.2 Å². The fraction of sp³-hybridized carbons (Fsp3) is 0.353. The summed E-state index contributed by atoms with van der Waals surface area (Å²) in [5, 5.41) is 9.26. The number of aromatic amines is 1. The van der Waals surface area contributed by atoms with E-state index in [1.54, 1.807) is 0 Å². The third kappa shape index (κ3) is 3.63. The van der Waals surface area contributed by atoms with Crippen LogP contribution in [-0.2, 0) is 13.2 Å². The minimum absolute atomic E-state index is 0.0544. The third-order valence-corrected chi connectivity index (χ3v) is 3.87. The summed E-state index contributed by atoms with van der Waals surface area (Å²) in [7, 11) is 0. The zero-order valence-corrected chi connectivity index (χ0v) is 14.0. The number of aliphatic hydroxyl groups excluding tert-OH is 1. The number of rotatable bonds is 7. The molecule has 2 heterocycles. The standard InChI is InChI=1S/C17H21N5O3/c1-2-3-7-25-16-20-14(18)13-15(21-16)22(17(24)19-13)9-11-5-4-6-12(8-11)10-23/h4-6,8,23H,2-3,7,9-10H2,1H3,(H,19,24)(H2,18,20,21). The molecule has 0 saturated heterocycles. The quantitative estimate of drug-likeness (QED) is 0.558. The number of hydrogen-bond donors (Lipinski definition) is 3. The normalized spacial score (nSPS) is 11.1. The first-order valence-electron chi connectivity index (χ1n) is 8.20. The van der Waals surface area contributed by atoms with E-state index in [-0.39, 0.29) is 24.1 Å². The number of aromatic nitrogens is 4. The lowest BCUT2D eigenvalue weighted by Crippen LogP contribution is -2.18. The van der Waals surface area contributed by atoms with Gasteiger partial charge in [0.1, 0.15) is 5.52 Å². The van der Waals surface area contributed by atoms with Gasteiger partial charge in [0.05, 0.1) is 19.8 Å². The van der Waals surface area contributed by atoms with Crippen molar-refractivity contribution in [3.8, 4) is 6.01 Å². The van der Waals surface area contributed by atoms with Crippen LogP contribution in [0.15, 0.2) is 29.1 Å². The van der Waals surface area contributed by atoms with Crippen molar-refractivity contribution >= 4 is 17.0 Å². The van der Waals surface area contributed by atoms with Crippen molar-refractivity contribution in [2.45, 2.75) is 32.9 Å². The number of aliphatic hydroxyl groups is 1. The molecule has 8 nitrogen and oxygen atoms in total. The van der Waals surface area contributed by atoms with Crippen molar-refractivity contribution in [1.82, 2.24) is 19.5 Å². The van der Waals surface area contributed by atoms with Crippen LogP contribution >= 0.6 is 0 Å². The minimum Gasteiger partial charge on any atom is -0.463 e. The summed E-state index contributed by atoms with van der Waals surface area (Å²) in [4.78, 5) is 23.4. The van der Waals surface area contributed by atoms with Crippen molar-refractivity contribution in [2.75, 3.05) is 12.3 Å². The Labute approximate surface area is 144 Å². The lowest BCUT2D eigenvalue weighted by molar-refractivity contribution is 0.281. The molecule has 0 aliphatic carbocycles. The second kappa shape index (κ2) is 7.35. The van der Waals surface area contributed by atoms with Gasteiger partial charge in [0.2, 0.25) is 0 Å². The monoisotopic (exact) mass is 343 g/mol. The summed E-state index contributed by atoms with van der Waals surface area (Å²) >= 11 is 0. The highest BCUT2D eigenvalue weighted by Gasteiger charge is 2.15. The van der Waals surface area contributed by atoms with Crippen molar-refractivity contribution in [1.29, 1.82) is 0 Å². The van der Waals surface area contributed by atoms with Crippen molar-refractivity contribution in [2.24, 2.45) is 0 Å². The summed E-state index contributed by atoms with van der Waals surface area (Å²) in [6.45, 7) is 2.80. The lowest BCUT2D eigenvalue weighted by atomic mass is 10.1. The average Bonchev–Trinajstić information content (AvgIpc) is 2.92. The largest absolute Gasteiger partial charge is 0.463 e. The van der Waals surface area contributed by atoms with Gasteiger partial charge < -0.3 is 20.6 Å². The molecule has 0 aliphatic rings. The molecule has 3 aromatic rings. The van der Waals surface area contributed by atoms with Crippen molar-refractivity contribution in [3.05, 3.63) is 45.9 Å². The van der Waals surface area contributed by atoms with Gasteiger partial charge in [-0.1, -0.05) is 37.6 Å². The molecule has 0 spiro atoms. The van der Waals surface area contributed by atoms with Gasteiger partial charge in [-0.3, -0.25) is 4.57 Å². The third-order valence-electron chi connectivity index (χ3n) is 3.87. The Morgan fingerprint density at radius 1 is 1.32 bits per heavy atom. The van der Waals surface area contributed by atoms with Crippen LogP contribution in [0.25, 0.3) is 11.2 Å². The van der Waals surface area contributed by atoms with Crippen LogP contribution in [0.2, 0.25) is 0 Å². The molecule has 2 aromatic heterocycles. The van der Waals surface area contributed by atoms with Gasteiger partial charge in [0.25, 0.3) is 0 Å². The molecule has 1 aromatic carbocycles. The average molecular weight is 343 g/mol. The molecule has 25 heavy (non-hydrogen) atoms. The summed E-state index contributed by atoms with van der Waals surface area (Å²) in [5.41, 5.74) is 8.06. The summed E-state index contributed by atoms with van der Waals surface area (Å²) in [5.74, 6) is 0.177. The first-order valence-corrected chi connectivity index (χ1v) is 8.20. The number of imidazole rings is 1. The van der Waals surface area contributed by atoms with E-state index in [2.05, 4.69) is 21.9 Å². The first-order chi connectivity index (χ1) is 12.1. The molecular weight excluding hydrogens is 322 g/mol. The molecule has 0 amide bonds. The van der Waals surface area contributed by atoms with E-state index in [1.807, 2.05) is 24.3 Å². The van der Waals surface area contributed by atoms with Gasteiger partial charge in [-0.15, -0.1) is 0 Å². The maximum atomic E-state index is 12.3. The Kier molecular flexibility index (Phi) is 4.99. The van der Waals surface area contributed by atoms with Crippen LogP contribution in [0.4, 0.5) is 5.82 Å². The smallest absolute Gasteiger partial charge is 0.328 e. The highest BCUT2D eigenvalue weighted by Crippen LogP contribution is 2.19. The molecule has 0 fully saturated rings. The molecule has 3 rings (SSSR count). The first kappa shape index (κ1) is 17.0. The Morgan fingerprint density at radius 3 is 2.88 bits per heavy atom. The number of benzene rings is 1. The number of unbranched alkanes of at least 4 members (excludes halogenated alkanes) is 1. The summed E-state index contributed by atoms with van der Waals surface area (Å²) < 4.78 is 7.00. The van der Waals surface area contributed by atoms with Crippen LogP contribution in [0.3, 0.4) is 0 Å². The Morgan fingerprint density at radius 2 is 2.12 bits per heavy atom. The van der Waals surface area contributed by atoms with E-state index in [0.717, 1.165) is 24.0 Å². The van der Waals surface area contributed by atoms with Crippen LogP contribution in [0.1, 0.15) is 30.9 Å². The number of nitrogen functional groups attached to an aromatic ring is 1. The Hall–Kier alpha value is -2.87. The van der Waals surface area contributed by atoms with Crippen LogP contribution in [0.5, 0.6) is 6.01 Å². The molecule has 4 N–H and O–H groups in total. The molecule has 0 aliphatic heterocycles. The SMILES string of the molecule is CCCCOc1nc(N)c2[nH]c(=O)n(Cc3cccc(CO)c3)c2n1. The maximum Gasteiger partial charge on any atom is 0.328 e. The van der Waals surface area contributed by atoms with E-state index in [9.17, 15) is 9.90 Å². The fourth-order valence-corrected chi connectivity index (χ4v) is 2.56. The lowest BCUT2D eigenvalue weighted by Gasteiger charge is -2.07. The minimum atomic E-state index is -0.323. The van der Waals surface area contributed by atoms with E-state index in [0.29, 0.717) is 24.3 Å². The van der Waals surface area contributed by atoms with Crippen molar-refractivity contribution in [3.63, 3.8) is 0 Å². The number of nitrogens with two attached hydrogens (primary N) is 1. The predicted molar refractivity (Wildman–Crippen MR) is 94.4 cm³/mol. The van der Waals surface area contributed by atoms with E-state index in [1.165, 1.54) is 4.57 Å². The number of H-pyrrole nitrogens is 1. The van der Waals surface area contributed by atoms with Gasteiger partial charge >= 0.3 is 11.7 Å². The van der Waals surface area contributed by atoms with Gasteiger partial charge in [0.15, 0.2) is 11.5 Å². The van der Waals surface area contributed by atoms with Crippen LogP contribution in [-0.4, -0.2) is 31.2 Å². The predicted octanol–water partition coefficient (Wildman–Crippen LogP) is 1.42. The zero-order chi connectivity index (χ0) is 17.8. The van der Waals surface area contributed by atoms with Gasteiger partial charge in [-0.25, -0.2) is 4.79 Å². The highest BCUT2D eigenvalue weighted by atomic mass is 16.5. The van der Waals surface area contributed by atoms with Crippen molar-refractivity contribution < 1.29 is 9.84 Å². The number of ether oxygens (including phenoxy) is 1. The molecule has 8 heteroatoms. The van der Waals surface area contributed by atoms with E-state index < -0.39 is 0 Å².